The highest BCUT2D eigenvalue weighted by Crippen LogP contribution is 2.35. The van der Waals surface area contributed by atoms with Gasteiger partial charge in [-0.05, 0) is 19.8 Å². The van der Waals surface area contributed by atoms with Crippen LogP contribution < -0.4 is 5.32 Å². The molecule has 0 atom stereocenters. The number of aryl methyl sites for hydroxylation is 1. The van der Waals surface area contributed by atoms with Crippen LogP contribution in [-0.4, -0.2) is 15.3 Å². The lowest BCUT2D eigenvalue weighted by atomic mass is 9.89. The zero-order valence-electron chi connectivity index (χ0n) is 11.1. The first-order valence-electron chi connectivity index (χ1n) is 6.08. The van der Waals surface area contributed by atoms with Gasteiger partial charge in [0.15, 0.2) is 0 Å². The lowest BCUT2D eigenvalue weighted by Gasteiger charge is -2.18. The standard InChI is InChI=1S/C13H23N3/c1-12(2,3)11-10(9-16(5)15-11)8-14-13(4)6-7-13/h9,14H,6-8H2,1-5H3. The topological polar surface area (TPSA) is 29.9 Å². The second-order valence-electron chi connectivity index (χ2n) is 6.34. The number of aromatic nitrogens is 2. The Hall–Kier alpha value is -0.830. The Balaban J connectivity index is 2.13. The van der Waals surface area contributed by atoms with Gasteiger partial charge in [-0.2, -0.15) is 5.10 Å². The third-order valence-corrected chi connectivity index (χ3v) is 3.32. The van der Waals surface area contributed by atoms with Crippen LogP contribution in [0.15, 0.2) is 6.20 Å². The molecule has 3 nitrogen and oxygen atoms in total. The fourth-order valence-corrected chi connectivity index (χ4v) is 1.97. The van der Waals surface area contributed by atoms with Crippen molar-refractivity contribution in [2.24, 2.45) is 7.05 Å². The Morgan fingerprint density at radius 2 is 2.06 bits per heavy atom. The van der Waals surface area contributed by atoms with Crippen molar-refractivity contribution in [3.63, 3.8) is 0 Å². The van der Waals surface area contributed by atoms with Crippen LogP contribution in [0.5, 0.6) is 0 Å². The monoisotopic (exact) mass is 221 g/mol. The van der Waals surface area contributed by atoms with Crippen molar-refractivity contribution in [1.29, 1.82) is 0 Å². The van der Waals surface area contributed by atoms with Crippen LogP contribution in [0.25, 0.3) is 0 Å². The zero-order chi connectivity index (χ0) is 12.0. The van der Waals surface area contributed by atoms with E-state index < -0.39 is 0 Å². The minimum Gasteiger partial charge on any atom is -0.307 e. The molecule has 0 radical (unpaired) electrons. The Morgan fingerprint density at radius 1 is 1.44 bits per heavy atom. The van der Waals surface area contributed by atoms with Gasteiger partial charge in [-0.3, -0.25) is 4.68 Å². The summed E-state index contributed by atoms with van der Waals surface area (Å²) in [6, 6.07) is 0. The Kier molecular flexibility index (Phi) is 2.61. The van der Waals surface area contributed by atoms with E-state index >= 15 is 0 Å². The van der Waals surface area contributed by atoms with Crippen molar-refractivity contribution in [3.05, 3.63) is 17.5 Å². The molecule has 0 bridgehead atoms. The Bertz CT molecular complexity index is 380. The van der Waals surface area contributed by atoms with Crippen molar-refractivity contribution in [1.82, 2.24) is 15.1 Å². The lowest BCUT2D eigenvalue weighted by Crippen LogP contribution is -2.28. The number of rotatable bonds is 3. The average molecular weight is 221 g/mol. The van der Waals surface area contributed by atoms with Gasteiger partial charge < -0.3 is 5.32 Å². The number of hydrogen-bond donors (Lipinski definition) is 1. The quantitative estimate of drug-likeness (QED) is 0.849. The molecule has 90 valence electrons. The summed E-state index contributed by atoms with van der Waals surface area (Å²) in [5.41, 5.74) is 3.07. The molecule has 16 heavy (non-hydrogen) atoms. The van der Waals surface area contributed by atoms with Gasteiger partial charge in [-0.25, -0.2) is 0 Å². The lowest BCUT2D eigenvalue weighted by molar-refractivity contribution is 0.516. The zero-order valence-corrected chi connectivity index (χ0v) is 11.1. The van der Waals surface area contributed by atoms with Crippen molar-refractivity contribution in [2.75, 3.05) is 0 Å². The summed E-state index contributed by atoms with van der Waals surface area (Å²) in [5, 5.41) is 8.20. The first-order valence-corrected chi connectivity index (χ1v) is 6.08. The molecular weight excluding hydrogens is 198 g/mol. The predicted octanol–water partition coefficient (Wildman–Crippen LogP) is 2.36. The van der Waals surface area contributed by atoms with Crippen molar-refractivity contribution >= 4 is 0 Å². The Labute approximate surface area is 98.2 Å². The normalized spacial score (nSPS) is 18.8. The fraction of sp³-hybridized carbons (Fsp3) is 0.769. The van der Waals surface area contributed by atoms with E-state index in [0.29, 0.717) is 5.54 Å². The minimum atomic E-state index is 0.128. The third-order valence-electron chi connectivity index (χ3n) is 3.32. The maximum atomic E-state index is 4.58. The predicted molar refractivity (Wildman–Crippen MR) is 66.4 cm³/mol. The second-order valence-corrected chi connectivity index (χ2v) is 6.34. The van der Waals surface area contributed by atoms with Crippen LogP contribution in [-0.2, 0) is 19.0 Å². The van der Waals surface area contributed by atoms with Crippen LogP contribution >= 0.6 is 0 Å². The highest BCUT2D eigenvalue weighted by molar-refractivity contribution is 5.24. The van der Waals surface area contributed by atoms with Gasteiger partial charge in [0.1, 0.15) is 0 Å². The van der Waals surface area contributed by atoms with E-state index in [4.69, 9.17) is 0 Å². The molecule has 0 amide bonds. The summed E-state index contributed by atoms with van der Waals surface area (Å²) in [5.74, 6) is 0. The van der Waals surface area contributed by atoms with E-state index in [1.807, 2.05) is 11.7 Å². The molecule has 0 saturated heterocycles. The number of hydrogen-bond acceptors (Lipinski definition) is 2. The van der Waals surface area contributed by atoms with E-state index in [0.717, 1.165) is 6.54 Å². The fourth-order valence-electron chi connectivity index (χ4n) is 1.97. The maximum Gasteiger partial charge on any atom is 0.0722 e. The summed E-state index contributed by atoms with van der Waals surface area (Å²) in [4.78, 5) is 0. The smallest absolute Gasteiger partial charge is 0.0722 e. The van der Waals surface area contributed by atoms with E-state index in [-0.39, 0.29) is 5.41 Å². The van der Waals surface area contributed by atoms with E-state index in [9.17, 15) is 0 Å². The van der Waals surface area contributed by atoms with Crippen molar-refractivity contribution in [3.8, 4) is 0 Å². The third kappa shape index (κ3) is 2.46. The minimum absolute atomic E-state index is 0.128. The highest BCUT2D eigenvalue weighted by atomic mass is 15.3. The SMILES string of the molecule is Cn1cc(CNC2(C)CC2)c(C(C)(C)C)n1. The maximum absolute atomic E-state index is 4.58. The van der Waals surface area contributed by atoms with Gasteiger partial charge in [-0.15, -0.1) is 0 Å². The van der Waals surface area contributed by atoms with Gasteiger partial charge in [0.05, 0.1) is 5.69 Å². The molecule has 3 heteroatoms. The molecule has 0 spiro atoms. The molecular formula is C13H23N3. The summed E-state index contributed by atoms with van der Waals surface area (Å²) < 4.78 is 1.92. The van der Waals surface area contributed by atoms with E-state index in [2.05, 4.69) is 44.3 Å². The molecule has 1 aliphatic rings. The summed E-state index contributed by atoms with van der Waals surface area (Å²) in [6.45, 7) is 9.89. The molecule has 1 aromatic heterocycles. The van der Waals surface area contributed by atoms with Gasteiger partial charge in [0.25, 0.3) is 0 Å². The molecule has 0 aliphatic heterocycles. The largest absolute Gasteiger partial charge is 0.307 e. The van der Waals surface area contributed by atoms with Crippen LogP contribution in [0.3, 0.4) is 0 Å². The van der Waals surface area contributed by atoms with Crippen LogP contribution in [0.4, 0.5) is 0 Å². The molecule has 1 saturated carbocycles. The molecule has 2 rings (SSSR count). The molecule has 1 heterocycles. The summed E-state index contributed by atoms with van der Waals surface area (Å²) in [7, 11) is 2.00. The highest BCUT2D eigenvalue weighted by Gasteiger charge is 2.36. The molecule has 1 N–H and O–H groups in total. The molecule has 0 unspecified atom stereocenters. The summed E-state index contributed by atoms with van der Waals surface area (Å²) in [6.07, 6.45) is 4.75. The van der Waals surface area contributed by atoms with E-state index in [1.54, 1.807) is 0 Å². The van der Waals surface area contributed by atoms with Gasteiger partial charge in [-0.1, -0.05) is 20.8 Å². The first-order chi connectivity index (χ1) is 7.30. The Morgan fingerprint density at radius 3 is 2.56 bits per heavy atom. The van der Waals surface area contributed by atoms with Gasteiger partial charge in [0.2, 0.25) is 0 Å². The van der Waals surface area contributed by atoms with Gasteiger partial charge >= 0.3 is 0 Å². The molecule has 1 fully saturated rings. The van der Waals surface area contributed by atoms with Crippen molar-refractivity contribution in [2.45, 2.75) is 58.0 Å². The average Bonchev–Trinajstić information content (AvgIpc) is 2.73. The molecule has 1 aliphatic carbocycles. The van der Waals surface area contributed by atoms with Gasteiger partial charge in [0, 0.05) is 36.3 Å². The van der Waals surface area contributed by atoms with E-state index in [1.165, 1.54) is 24.1 Å². The first kappa shape index (κ1) is 11.6. The molecule has 0 aromatic carbocycles. The van der Waals surface area contributed by atoms with Crippen LogP contribution in [0.1, 0.15) is 51.8 Å². The number of nitrogens with one attached hydrogen (secondary N) is 1. The number of nitrogens with zero attached hydrogens (tertiary/aromatic N) is 2. The van der Waals surface area contributed by atoms with Crippen LogP contribution in [0, 0.1) is 0 Å². The molecule has 1 aromatic rings. The van der Waals surface area contributed by atoms with Crippen molar-refractivity contribution < 1.29 is 0 Å². The summed E-state index contributed by atoms with van der Waals surface area (Å²) >= 11 is 0. The van der Waals surface area contributed by atoms with Crippen LogP contribution in [0.2, 0.25) is 0 Å². The second kappa shape index (κ2) is 3.59.